The predicted molar refractivity (Wildman–Crippen MR) is 92.1 cm³/mol. The van der Waals surface area contributed by atoms with Gasteiger partial charge in [0.05, 0.1) is 18.4 Å². The lowest BCUT2D eigenvalue weighted by Crippen LogP contribution is -2.28. The van der Waals surface area contributed by atoms with Gasteiger partial charge in [0.15, 0.2) is 12.9 Å². The number of carbonyl (C=O) groups is 1. The van der Waals surface area contributed by atoms with E-state index in [0.717, 1.165) is 5.56 Å². The van der Waals surface area contributed by atoms with E-state index < -0.39 is 6.10 Å². The van der Waals surface area contributed by atoms with Gasteiger partial charge in [-0.2, -0.15) is 5.10 Å². The van der Waals surface area contributed by atoms with Crippen molar-refractivity contribution in [3.05, 3.63) is 77.9 Å². The Labute approximate surface area is 149 Å². The van der Waals surface area contributed by atoms with Crippen LogP contribution in [-0.4, -0.2) is 22.5 Å². The monoisotopic (exact) mass is 353 g/mol. The third-order valence-corrected chi connectivity index (χ3v) is 4.05. The Kier molecular flexibility index (Phi) is 4.37. The van der Waals surface area contributed by atoms with Crippen molar-refractivity contribution < 1.29 is 18.7 Å². The number of anilines is 1. The molecule has 1 N–H and O–H groups in total. The van der Waals surface area contributed by atoms with Gasteiger partial charge >= 0.3 is 0 Å². The molecule has 2 heterocycles. The molecule has 0 bridgehead atoms. The first kappa shape index (κ1) is 16.3. The number of halogens is 1. The average Bonchev–Trinajstić information content (AvgIpc) is 3.10. The summed E-state index contributed by atoms with van der Waals surface area (Å²) >= 11 is 0. The lowest BCUT2D eigenvalue weighted by atomic mass is 10.1. The Morgan fingerprint density at radius 3 is 2.88 bits per heavy atom. The third-order valence-electron chi connectivity index (χ3n) is 4.05. The predicted octanol–water partition coefficient (Wildman–Crippen LogP) is 3.12. The van der Waals surface area contributed by atoms with Crippen LogP contribution in [0.15, 0.2) is 60.9 Å². The lowest BCUT2D eigenvalue weighted by Gasteiger charge is -2.25. The van der Waals surface area contributed by atoms with E-state index in [0.29, 0.717) is 23.5 Å². The number of aromatic nitrogens is 2. The van der Waals surface area contributed by atoms with E-state index in [1.165, 1.54) is 12.1 Å². The van der Waals surface area contributed by atoms with Crippen molar-refractivity contribution in [1.29, 1.82) is 0 Å². The summed E-state index contributed by atoms with van der Waals surface area (Å²) in [4.78, 5) is 12.6. The first-order valence-corrected chi connectivity index (χ1v) is 8.10. The average molecular weight is 353 g/mol. The quantitative estimate of drug-likeness (QED) is 0.783. The van der Waals surface area contributed by atoms with Crippen molar-refractivity contribution in [3.63, 3.8) is 0 Å². The molecule has 1 aromatic heterocycles. The van der Waals surface area contributed by atoms with Crippen LogP contribution in [0.2, 0.25) is 0 Å². The van der Waals surface area contributed by atoms with Crippen LogP contribution in [0.4, 0.5) is 10.1 Å². The minimum atomic E-state index is -0.736. The lowest BCUT2D eigenvalue weighted by molar-refractivity contribution is -0.136. The Morgan fingerprint density at radius 2 is 2.04 bits per heavy atom. The fourth-order valence-corrected chi connectivity index (χ4v) is 2.80. The summed E-state index contributed by atoms with van der Waals surface area (Å²) in [6, 6.07) is 13.5. The molecule has 0 saturated carbocycles. The van der Waals surface area contributed by atoms with Crippen LogP contribution in [0.25, 0.3) is 0 Å². The second-order valence-electron chi connectivity index (χ2n) is 5.89. The summed E-state index contributed by atoms with van der Waals surface area (Å²) in [6.45, 7) is 0.506. The molecule has 0 radical (unpaired) electrons. The molecular weight excluding hydrogens is 337 g/mol. The number of para-hydroxylation sites is 1. The molecule has 1 aliphatic rings. The molecule has 132 valence electrons. The molecule has 26 heavy (non-hydrogen) atoms. The fourth-order valence-electron chi connectivity index (χ4n) is 2.80. The summed E-state index contributed by atoms with van der Waals surface area (Å²) < 4.78 is 25.5. The number of hydrogen-bond acceptors (Lipinski definition) is 4. The Morgan fingerprint density at radius 1 is 1.23 bits per heavy atom. The molecule has 0 saturated heterocycles. The van der Waals surface area contributed by atoms with E-state index in [2.05, 4.69) is 10.4 Å². The standard InChI is InChI=1S/C19H16FN3O3/c20-14-7-5-13(6-8-14)10-23-11-15(9-21-23)22-19(24)18-16-3-1-2-4-17(16)25-12-26-18/h1-9,11,18H,10,12H2,(H,22,24). The number of nitrogens with zero attached hydrogens (tertiary/aromatic N) is 2. The van der Waals surface area contributed by atoms with Crippen LogP contribution in [-0.2, 0) is 16.1 Å². The Balaban J connectivity index is 1.44. The number of nitrogens with one attached hydrogen (secondary N) is 1. The van der Waals surface area contributed by atoms with E-state index in [-0.39, 0.29) is 18.5 Å². The zero-order valence-corrected chi connectivity index (χ0v) is 13.8. The van der Waals surface area contributed by atoms with Crippen LogP contribution in [0.1, 0.15) is 17.2 Å². The zero-order chi connectivity index (χ0) is 17.9. The summed E-state index contributed by atoms with van der Waals surface area (Å²) in [5.74, 6) is 0.0758. The van der Waals surface area contributed by atoms with Crippen LogP contribution >= 0.6 is 0 Å². The van der Waals surface area contributed by atoms with E-state index in [1.54, 1.807) is 41.3 Å². The first-order chi connectivity index (χ1) is 12.7. The molecule has 3 aromatic rings. The number of fused-ring (bicyclic) bond motifs is 1. The minimum absolute atomic E-state index is 0.0267. The highest BCUT2D eigenvalue weighted by Gasteiger charge is 2.28. The van der Waals surface area contributed by atoms with Crippen LogP contribution in [0, 0.1) is 5.82 Å². The van der Waals surface area contributed by atoms with Gasteiger partial charge < -0.3 is 14.8 Å². The fraction of sp³-hybridized carbons (Fsp3) is 0.158. The third kappa shape index (κ3) is 3.43. The summed E-state index contributed by atoms with van der Waals surface area (Å²) in [5.41, 5.74) is 2.16. The maximum atomic E-state index is 13.0. The molecule has 1 atom stereocenters. The molecule has 4 rings (SSSR count). The highest BCUT2D eigenvalue weighted by Crippen LogP contribution is 2.32. The van der Waals surface area contributed by atoms with Crippen LogP contribution < -0.4 is 10.1 Å². The van der Waals surface area contributed by atoms with E-state index in [4.69, 9.17) is 9.47 Å². The minimum Gasteiger partial charge on any atom is -0.467 e. The smallest absolute Gasteiger partial charge is 0.258 e. The van der Waals surface area contributed by atoms with Gasteiger partial charge in [0.25, 0.3) is 5.91 Å². The van der Waals surface area contributed by atoms with Crippen molar-refractivity contribution in [2.75, 3.05) is 12.1 Å². The van der Waals surface area contributed by atoms with E-state index in [9.17, 15) is 9.18 Å². The maximum absolute atomic E-state index is 13.0. The van der Waals surface area contributed by atoms with E-state index in [1.807, 2.05) is 12.1 Å². The number of rotatable bonds is 4. The Bertz CT molecular complexity index is 924. The largest absolute Gasteiger partial charge is 0.467 e. The first-order valence-electron chi connectivity index (χ1n) is 8.10. The molecule has 0 fully saturated rings. The van der Waals surface area contributed by atoms with Gasteiger partial charge in [-0.1, -0.05) is 30.3 Å². The topological polar surface area (TPSA) is 65.4 Å². The summed E-state index contributed by atoms with van der Waals surface area (Å²) in [6.07, 6.45) is 2.54. The van der Waals surface area contributed by atoms with Gasteiger partial charge in [-0.3, -0.25) is 9.48 Å². The normalized spacial score (nSPS) is 15.8. The van der Waals surface area contributed by atoms with Gasteiger partial charge in [-0.25, -0.2) is 4.39 Å². The SMILES string of the molecule is O=C(Nc1cnn(Cc2ccc(F)cc2)c1)C1OCOc2ccccc21. The molecule has 1 unspecified atom stereocenters. The molecule has 1 aliphatic heterocycles. The molecule has 1 amide bonds. The zero-order valence-electron chi connectivity index (χ0n) is 13.8. The van der Waals surface area contributed by atoms with Crippen molar-refractivity contribution in [2.24, 2.45) is 0 Å². The number of carbonyl (C=O) groups excluding carboxylic acids is 1. The second kappa shape index (κ2) is 6.97. The van der Waals surface area contributed by atoms with Gasteiger partial charge in [-0.05, 0) is 23.8 Å². The summed E-state index contributed by atoms with van der Waals surface area (Å²) in [5, 5.41) is 7.02. The molecular formula is C19H16FN3O3. The number of ether oxygens (including phenoxy) is 2. The molecule has 0 spiro atoms. The highest BCUT2D eigenvalue weighted by molar-refractivity contribution is 5.95. The molecule has 6 nitrogen and oxygen atoms in total. The van der Waals surface area contributed by atoms with Gasteiger partial charge in [0, 0.05) is 11.8 Å². The number of benzene rings is 2. The van der Waals surface area contributed by atoms with Crippen LogP contribution in [0.5, 0.6) is 5.75 Å². The van der Waals surface area contributed by atoms with Crippen molar-refractivity contribution in [2.45, 2.75) is 12.6 Å². The highest BCUT2D eigenvalue weighted by atomic mass is 19.1. The van der Waals surface area contributed by atoms with E-state index >= 15 is 0 Å². The van der Waals surface area contributed by atoms with Crippen molar-refractivity contribution in [3.8, 4) is 5.75 Å². The summed E-state index contributed by atoms with van der Waals surface area (Å²) in [7, 11) is 0. The van der Waals surface area contributed by atoms with Gasteiger partial charge in [-0.15, -0.1) is 0 Å². The molecule has 7 heteroatoms. The molecule has 2 aromatic carbocycles. The second-order valence-corrected chi connectivity index (χ2v) is 5.89. The molecule has 0 aliphatic carbocycles. The maximum Gasteiger partial charge on any atom is 0.258 e. The van der Waals surface area contributed by atoms with Gasteiger partial charge in [0.1, 0.15) is 11.6 Å². The van der Waals surface area contributed by atoms with Crippen LogP contribution in [0.3, 0.4) is 0 Å². The number of amides is 1. The number of hydrogen-bond donors (Lipinski definition) is 1. The van der Waals surface area contributed by atoms with Crippen molar-refractivity contribution in [1.82, 2.24) is 9.78 Å². The van der Waals surface area contributed by atoms with Crippen molar-refractivity contribution >= 4 is 11.6 Å². The Hall–Kier alpha value is -3.19. The van der Waals surface area contributed by atoms with Gasteiger partial charge in [0.2, 0.25) is 0 Å².